The summed E-state index contributed by atoms with van der Waals surface area (Å²) in [5.41, 5.74) is -1.21. The summed E-state index contributed by atoms with van der Waals surface area (Å²) in [7, 11) is 0. The molecule has 0 heterocycles. The molecule has 0 saturated heterocycles. The summed E-state index contributed by atoms with van der Waals surface area (Å²) < 4.78 is 0. The standard InChI is InChI=1S/C13H26O2/c1-12(2,14)10-8-6-5-7-9-11-13(3,4)15/h8,10,14-15H,5-7,9,11H2,1-4H3/b10-8+. The molecule has 0 aliphatic carbocycles. The predicted octanol–water partition coefficient (Wildman–Crippen LogP) is 3.03. The van der Waals surface area contributed by atoms with Crippen LogP contribution < -0.4 is 0 Å². The van der Waals surface area contributed by atoms with Gasteiger partial charge in [0.05, 0.1) is 11.2 Å². The van der Waals surface area contributed by atoms with Gasteiger partial charge in [0, 0.05) is 0 Å². The Hall–Kier alpha value is -0.340. The third kappa shape index (κ3) is 13.7. The van der Waals surface area contributed by atoms with E-state index in [4.69, 9.17) is 0 Å². The van der Waals surface area contributed by atoms with E-state index in [2.05, 4.69) is 0 Å². The SMILES string of the molecule is CC(C)(O)/C=C/CCCCCC(C)(C)O. The van der Waals surface area contributed by atoms with Gasteiger partial charge in [0.15, 0.2) is 0 Å². The number of unbranched alkanes of at least 4 members (excludes halogenated alkanes) is 3. The summed E-state index contributed by atoms with van der Waals surface area (Å²) in [5, 5.41) is 18.9. The van der Waals surface area contributed by atoms with Crippen molar-refractivity contribution in [2.75, 3.05) is 0 Å². The maximum atomic E-state index is 9.48. The number of aliphatic hydroxyl groups is 2. The Balaban J connectivity index is 3.37. The number of rotatable bonds is 7. The minimum Gasteiger partial charge on any atom is -0.390 e. The molecule has 0 aromatic carbocycles. The molecule has 90 valence electrons. The largest absolute Gasteiger partial charge is 0.390 e. The molecule has 0 amide bonds. The molecular weight excluding hydrogens is 188 g/mol. The first kappa shape index (κ1) is 14.7. The molecule has 0 spiro atoms. The lowest BCUT2D eigenvalue weighted by molar-refractivity contribution is 0.0681. The predicted molar refractivity (Wildman–Crippen MR) is 64.8 cm³/mol. The molecule has 0 unspecified atom stereocenters. The van der Waals surface area contributed by atoms with Crippen LogP contribution in [-0.4, -0.2) is 21.4 Å². The van der Waals surface area contributed by atoms with Gasteiger partial charge in [-0.05, 0) is 47.0 Å². The molecule has 0 bridgehead atoms. The third-order valence-electron chi connectivity index (χ3n) is 2.19. The lowest BCUT2D eigenvalue weighted by Gasteiger charge is -2.16. The van der Waals surface area contributed by atoms with Crippen LogP contribution in [0.15, 0.2) is 12.2 Å². The second kappa shape index (κ2) is 6.29. The van der Waals surface area contributed by atoms with Crippen molar-refractivity contribution in [1.82, 2.24) is 0 Å². The molecule has 0 fully saturated rings. The van der Waals surface area contributed by atoms with Crippen LogP contribution in [0, 0.1) is 0 Å². The van der Waals surface area contributed by atoms with Crippen LogP contribution in [0.3, 0.4) is 0 Å². The van der Waals surface area contributed by atoms with Crippen LogP contribution in [0.5, 0.6) is 0 Å². The minimum atomic E-state index is -0.687. The van der Waals surface area contributed by atoms with Crippen molar-refractivity contribution in [3.05, 3.63) is 12.2 Å². The van der Waals surface area contributed by atoms with Gasteiger partial charge in [-0.2, -0.15) is 0 Å². The summed E-state index contributed by atoms with van der Waals surface area (Å²) in [6.07, 6.45) is 9.08. The molecule has 2 heteroatoms. The Morgan fingerprint density at radius 3 is 2.00 bits per heavy atom. The van der Waals surface area contributed by atoms with Crippen molar-refractivity contribution in [3.8, 4) is 0 Å². The Kier molecular flexibility index (Phi) is 6.15. The fourth-order valence-electron chi connectivity index (χ4n) is 1.37. The highest BCUT2D eigenvalue weighted by molar-refractivity contribution is 4.94. The first-order valence-corrected chi connectivity index (χ1v) is 5.83. The molecule has 0 radical (unpaired) electrons. The molecule has 0 aliphatic heterocycles. The van der Waals surface area contributed by atoms with E-state index in [1.54, 1.807) is 13.8 Å². The van der Waals surface area contributed by atoms with Crippen LogP contribution in [0.1, 0.15) is 59.8 Å². The average molecular weight is 214 g/mol. The maximum absolute atomic E-state index is 9.48. The maximum Gasteiger partial charge on any atom is 0.0771 e. The average Bonchev–Trinajstić information content (AvgIpc) is 1.98. The second-order valence-electron chi connectivity index (χ2n) is 5.47. The molecule has 0 aromatic rings. The Morgan fingerprint density at radius 1 is 0.933 bits per heavy atom. The zero-order chi connectivity index (χ0) is 11.9. The molecule has 0 aromatic heterocycles. The zero-order valence-corrected chi connectivity index (χ0v) is 10.6. The van der Waals surface area contributed by atoms with Crippen molar-refractivity contribution in [2.24, 2.45) is 0 Å². The van der Waals surface area contributed by atoms with Gasteiger partial charge in [-0.15, -0.1) is 0 Å². The van der Waals surface area contributed by atoms with Crippen LogP contribution in [0.2, 0.25) is 0 Å². The van der Waals surface area contributed by atoms with E-state index in [1.807, 2.05) is 26.0 Å². The summed E-state index contributed by atoms with van der Waals surface area (Å²) in [6.45, 7) is 7.25. The Morgan fingerprint density at radius 2 is 1.53 bits per heavy atom. The molecule has 0 rings (SSSR count). The van der Waals surface area contributed by atoms with Gasteiger partial charge in [0.25, 0.3) is 0 Å². The quantitative estimate of drug-likeness (QED) is 0.505. The zero-order valence-electron chi connectivity index (χ0n) is 10.6. The molecule has 2 N–H and O–H groups in total. The Labute approximate surface area is 94.0 Å². The molecular formula is C13H26O2. The Bertz CT molecular complexity index is 182. The monoisotopic (exact) mass is 214 g/mol. The van der Waals surface area contributed by atoms with Gasteiger partial charge in [-0.3, -0.25) is 0 Å². The van der Waals surface area contributed by atoms with E-state index in [9.17, 15) is 10.2 Å². The van der Waals surface area contributed by atoms with Gasteiger partial charge in [-0.25, -0.2) is 0 Å². The fraction of sp³-hybridized carbons (Fsp3) is 0.846. The number of hydrogen-bond donors (Lipinski definition) is 2. The highest BCUT2D eigenvalue weighted by Gasteiger charge is 2.10. The van der Waals surface area contributed by atoms with Crippen LogP contribution in [-0.2, 0) is 0 Å². The number of allylic oxidation sites excluding steroid dienone is 1. The lowest BCUT2D eigenvalue weighted by Crippen LogP contribution is -2.17. The van der Waals surface area contributed by atoms with E-state index in [0.29, 0.717) is 0 Å². The van der Waals surface area contributed by atoms with Gasteiger partial charge in [-0.1, -0.05) is 25.0 Å². The minimum absolute atomic E-state index is 0.525. The molecule has 0 saturated carbocycles. The van der Waals surface area contributed by atoms with Crippen LogP contribution in [0.25, 0.3) is 0 Å². The van der Waals surface area contributed by atoms with Crippen molar-refractivity contribution in [1.29, 1.82) is 0 Å². The molecule has 2 nitrogen and oxygen atoms in total. The summed E-state index contributed by atoms with van der Waals surface area (Å²) >= 11 is 0. The van der Waals surface area contributed by atoms with Crippen molar-refractivity contribution in [2.45, 2.75) is 71.0 Å². The van der Waals surface area contributed by atoms with E-state index >= 15 is 0 Å². The van der Waals surface area contributed by atoms with Crippen molar-refractivity contribution < 1.29 is 10.2 Å². The van der Waals surface area contributed by atoms with Gasteiger partial charge in [0.2, 0.25) is 0 Å². The van der Waals surface area contributed by atoms with E-state index in [0.717, 1.165) is 32.1 Å². The van der Waals surface area contributed by atoms with Crippen LogP contribution in [0.4, 0.5) is 0 Å². The van der Waals surface area contributed by atoms with E-state index in [-0.39, 0.29) is 0 Å². The van der Waals surface area contributed by atoms with E-state index in [1.165, 1.54) is 0 Å². The summed E-state index contributed by atoms with van der Waals surface area (Å²) in [5.74, 6) is 0. The first-order valence-electron chi connectivity index (χ1n) is 5.83. The normalized spacial score (nSPS) is 13.7. The topological polar surface area (TPSA) is 40.5 Å². The van der Waals surface area contributed by atoms with Crippen molar-refractivity contribution >= 4 is 0 Å². The van der Waals surface area contributed by atoms with Gasteiger partial charge >= 0.3 is 0 Å². The highest BCUT2D eigenvalue weighted by Crippen LogP contribution is 2.14. The second-order valence-corrected chi connectivity index (χ2v) is 5.47. The summed E-state index contributed by atoms with van der Waals surface area (Å²) in [4.78, 5) is 0. The molecule has 15 heavy (non-hydrogen) atoms. The van der Waals surface area contributed by atoms with Gasteiger partial charge < -0.3 is 10.2 Å². The van der Waals surface area contributed by atoms with Crippen molar-refractivity contribution in [3.63, 3.8) is 0 Å². The highest BCUT2D eigenvalue weighted by atomic mass is 16.3. The molecule has 0 aliphatic rings. The summed E-state index contributed by atoms with van der Waals surface area (Å²) in [6, 6.07) is 0. The fourth-order valence-corrected chi connectivity index (χ4v) is 1.37. The number of hydrogen-bond acceptors (Lipinski definition) is 2. The van der Waals surface area contributed by atoms with Crippen LogP contribution >= 0.6 is 0 Å². The van der Waals surface area contributed by atoms with E-state index < -0.39 is 11.2 Å². The lowest BCUT2D eigenvalue weighted by atomic mass is 10.00. The molecule has 0 atom stereocenters. The first-order chi connectivity index (χ1) is 6.71. The third-order valence-corrected chi connectivity index (χ3v) is 2.19. The smallest absolute Gasteiger partial charge is 0.0771 e. The van der Waals surface area contributed by atoms with Gasteiger partial charge in [0.1, 0.15) is 0 Å².